The molecular formula is C14H26N2OS. The van der Waals surface area contributed by atoms with Gasteiger partial charge in [-0.25, -0.2) is 0 Å². The molecule has 2 fully saturated rings. The Morgan fingerprint density at radius 3 is 2.78 bits per heavy atom. The summed E-state index contributed by atoms with van der Waals surface area (Å²) in [4.78, 5) is 14.3. The van der Waals surface area contributed by atoms with Gasteiger partial charge in [0.25, 0.3) is 0 Å². The average molecular weight is 270 g/mol. The molecule has 3 nitrogen and oxygen atoms in total. The molecule has 1 aliphatic heterocycles. The predicted octanol–water partition coefficient (Wildman–Crippen LogP) is 2.25. The predicted molar refractivity (Wildman–Crippen MR) is 77.7 cm³/mol. The molecule has 2 aliphatic rings. The zero-order valence-electron chi connectivity index (χ0n) is 11.4. The van der Waals surface area contributed by atoms with Crippen molar-refractivity contribution in [1.29, 1.82) is 0 Å². The van der Waals surface area contributed by atoms with Crippen molar-refractivity contribution in [2.75, 3.05) is 18.8 Å². The van der Waals surface area contributed by atoms with Crippen LogP contribution in [0.1, 0.15) is 45.4 Å². The van der Waals surface area contributed by atoms with Crippen LogP contribution in [0, 0.1) is 5.92 Å². The summed E-state index contributed by atoms with van der Waals surface area (Å²) in [5.74, 6) is 1.94. The van der Waals surface area contributed by atoms with Crippen LogP contribution in [-0.4, -0.2) is 40.9 Å². The van der Waals surface area contributed by atoms with E-state index in [0.717, 1.165) is 25.3 Å². The van der Waals surface area contributed by atoms with Crippen LogP contribution in [0.15, 0.2) is 0 Å². The van der Waals surface area contributed by atoms with Gasteiger partial charge < -0.3 is 10.6 Å². The fraction of sp³-hybridized carbons (Fsp3) is 0.929. The van der Waals surface area contributed by atoms with Crippen LogP contribution in [0.4, 0.5) is 0 Å². The normalized spacial score (nSPS) is 28.1. The Bertz CT molecular complexity index is 279. The van der Waals surface area contributed by atoms with Crippen molar-refractivity contribution >= 4 is 17.7 Å². The molecular weight excluding hydrogens is 244 g/mol. The first-order valence-corrected chi connectivity index (χ1v) is 8.37. The van der Waals surface area contributed by atoms with Crippen LogP contribution in [0.25, 0.3) is 0 Å². The number of carbonyl (C=O) groups is 1. The Morgan fingerprint density at radius 2 is 2.11 bits per heavy atom. The molecule has 4 heteroatoms. The lowest BCUT2D eigenvalue weighted by molar-refractivity contribution is -0.133. The van der Waals surface area contributed by atoms with Crippen molar-refractivity contribution in [2.24, 2.45) is 11.7 Å². The summed E-state index contributed by atoms with van der Waals surface area (Å²) in [5, 5.41) is 0.560. The van der Waals surface area contributed by atoms with Crippen LogP contribution in [-0.2, 0) is 4.79 Å². The van der Waals surface area contributed by atoms with Crippen LogP contribution in [0.2, 0.25) is 0 Å². The molecule has 1 saturated heterocycles. The molecule has 0 spiro atoms. The lowest BCUT2D eigenvalue weighted by atomic mass is 9.85. The van der Waals surface area contributed by atoms with E-state index in [1.165, 1.54) is 32.1 Å². The van der Waals surface area contributed by atoms with Gasteiger partial charge in [-0.2, -0.15) is 11.8 Å². The highest BCUT2D eigenvalue weighted by molar-refractivity contribution is 7.99. The number of hydrogen-bond donors (Lipinski definition) is 1. The van der Waals surface area contributed by atoms with Crippen molar-refractivity contribution in [3.63, 3.8) is 0 Å². The maximum Gasteiger partial charge on any atom is 0.239 e. The van der Waals surface area contributed by atoms with E-state index in [1.807, 2.05) is 16.7 Å². The summed E-state index contributed by atoms with van der Waals surface area (Å²) >= 11 is 1.95. The maximum atomic E-state index is 12.3. The standard InChI is InChI=1S/C14H26N2OS/c1-11-10-16(7-8-18-11)14(17)13(15)9-12-5-3-2-4-6-12/h11-13H,2-10,15H2,1H3. The summed E-state index contributed by atoms with van der Waals surface area (Å²) in [6.45, 7) is 3.95. The Balaban J connectivity index is 1.79. The van der Waals surface area contributed by atoms with Gasteiger partial charge in [-0.3, -0.25) is 4.79 Å². The van der Waals surface area contributed by atoms with E-state index in [-0.39, 0.29) is 11.9 Å². The first-order valence-electron chi connectivity index (χ1n) is 7.33. The zero-order valence-corrected chi connectivity index (χ0v) is 12.3. The molecule has 1 saturated carbocycles. The largest absolute Gasteiger partial charge is 0.339 e. The van der Waals surface area contributed by atoms with E-state index in [9.17, 15) is 4.79 Å². The zero-order chi connectivity index (χ0) is 13.0. The van der Waals surface area contributed by atoms with E-state index in [2.05, 4.69) is 6.92 Å². The van der Waals surface area contributed by atoms with Gasteiger partial charge in [0.2, 0.25) is 5.91 Å². The third-order valence-electron chi connectivity index (χ3n) is 4.18. The highest BCUT2D eigenvalue weighted by atomic mass is 32.2. The summed E-state index contributed by atoms with van der Waals surface area (Å²) in [5.41, 5.74) is 6.13. The monoisotopic (exact) mass is 270 g/mol. The van der Waals surface area contributed by atoms with Gasteiger partial charge in [-0.1, -0.05) is 39.0 Å². The second kappa shape index (κ2) is 6.80. The number of nitrogens with two attached hydrogens (primary N) is 1. The molecule has 0 radical (unpaired) electrons. The van der Waals surface area contributed by atoms with Crippen LogP contribution >= 0.6 is 11.8 Å². The number of rotatable bonds is 3. The van der Waals surface area contributed by atoms with Crippen LogP contribution in [0.5, 0.6) is 0 Å². The summed E-state index contributed by atoms with van der Waals surface area (Å²) in [6, 6.07) is -0.261. The van der Waals surface area contributed by atoms with Gasteiger partial charge in [0, 0.05) is 24.1 Å². The minimum Gasteiger partial charge on any atom is -0.339 e. The number of thioether (sulfide) groups is 1. The Labute approximate surface area is 115 Å². The molecule has 1 heterocycles. The van der Waals surface area contributed by atoms with E-state index in [4.69, 9.17) is 5.73 Å². The van der Waals surface area contributed by atoms with E-state index in [0.29, 0.717) is 11.2 Å². The van der Waals surface area contributed by atoms with Gasteiger partial charge in [-0.05, 0) is 12.3 Å². The van der Waals surface area contributed by atoms with Crippen molar-refractivity contribution in [3.05, 3.63) is 0 Å². The molecule has 0 aromatic heterocycles. The molecule has 2 atom stereocenters. The third kappa shape index (κ3) is 3.89. The summed E-state index contributed by atoms with van der Waals surface area (Å²) in [6.07, 6.45) is 7.45. The van der Waals surface area contributed by atoms with E-state index >= 15 is 0 Å². The molecule has 0 bridgehead atoms. The Hall–Kier alpha value is -0.220. The third-order valence-corrected chi connectivity index (χ3v) is 5.32. The van der Waals surface area contributed by atoms with Crippen LogP contribution < -0.4 is 5.73 Å². The second-order valence-corrected chi connectivity index (χ2v) is 7.36. The Morgan fingerprint density at radius 1 is 1.39 bits per heavy atom. The number of hydrogen-bond acceptors (Lipinski definition) is 3. The molecule has 104 valence electrons. The first kappa shape index (κ1) is 14.2. The highest BCUT2D eigenvalue weighted by Gasteiger charge is 2.27. The molecule has 18 heavy (non-hydrogen) atoms. The van der Waals surface area contributed by atoms with Gasteiger partial charge in [-0.15, -0.1) is 0 Å². The first-order chi connectivity index (χ1) is 8.66. The van der Waals surface area contributed by atoms with Crippen molar-refractivity contribution in [1.82, 2.24) is 4.90 Å². The minimum absolute atomic E-state index is 0.188. The molecule has 2 rings (SSSR count). The quantitative estimate of drug-likeness (QED) is 0.855. The van der Waals surface area contributed by atoms with Crippen molar-refractivity contribution < 1.29 is 4.79 Å². The van der Waals surface area contributed by atoms with Gasteiger partial charge in [0.1, 0.15) is 0 Å². The average Bonchev–Trinajstić information content (AvgIpc) is 2.39. The van der Waals surface area contributed by atoms with Crippen LogP contribution in [0.3, 0.4) is 0 Å². The Kier molecular flexibility index (Phi) is 5.37. The van der Waals surface area contributed by atoms with Crippen molar-refractivity contribution in [2.45, 2.75) is 56.7 Å². The lowest BCUT2D eigenvalue weighted by Crippen LogP contribution is -2.49. The molecule has 1 amide bonds. The van der Waals surface area contributed by atoms with Gasteiger partial charge >= 0.3 is 0 Å². The second-order valence-electron chi connectivity index (χ2n) is 5.81. The molecule has 0 aromatic rings. The van der Waals surface area contributed by atoms with E-state index in [1.54, 1.807) is 0 Å². The highest BCUT2D eigenvalue weighted by Crippen LogP contribution is 2.27. The lowest BCUT2D eigenvalue weighted by Gasteiger charge is -2.33. The fourth-order valence-corrected chi connectivity index (χ4v) is 4.15. The van der Waals surface area contributed by atoms with E-state index < -0.39 is 0 Å². The molecule has 1 aliphatic carbocycles. The smallest absolute Gasteiger partial charge is 0.239 e. The molecule has 2 N–H and O–H groups in total. The maximum absolute atomic E-state index is 12.3. The minimum atomic E-state index is -0.261. The van der Waals surface area contributed by atoms with Gasteiger partial charge in [0.05, 0.1) is 6.04 Å². The molecule has 0 aromatic carbocycles. The fourth-order valence-electron chi connectivity index (χ4n) is 3.14. The summed E-state index contributed by atoms with van der Waals surface area (Å²) < 4.78 is 0. The topological polar surface area (TPSA) is 46.3 Å². The van der Waals surface area contributed by atoms with Crippen molar-refractivity contribution in [3.8, 4) is 0 Å². The number of carbonyl (C=O) groups excluding carboxylic acids is 1. The molecule has 2 unspecified atom stereocenters. The summed E-state index contributed by atoms with van der Waals surface area (Å²) in [7, 11) is 0. The SMILES string of the molecule is CC1CN(C(=O)C(N)CC2CCCCC2)CCS1. The van der Waals surface area contributed by atoms with Gasteiger partial charge in [0.15, 0.2) is 0 Å². The number of nitrogens with zero attached hydrogens (tertiary/aromatic N) is 1. The number of amides is 1.